The molecule has 1 rings (SSSR count). The van der Waals surface area contributed by atoms with Gasteiger partial charge >= 0.3 is 0 Å². The summed E-state index contributed by atoms with van der Waals surface area (Å²) in [5, 5.41) is 0. The number of ether oxygens (including phenoxy) is 2. The fourth-order valence-electron chi connectivity index (χ4n) is 0.820. The molecule has 0 unspecified atom stereocenters. The number of hydrogen-bond acceptors (Lipinski definition) is 7. The Kier molecular flexibility index (Phi) is 3.89. The molecule has 0 fully saturated rings. The van der Waals surface area contributed by atoms with Crippen molar-refractivity contribution in [1.82, 2.24) is 9.97 Å². The normalized spacial score (nSPS) is 9.86. The molecule has 78 valence electrons. The van der Waals surface area contributed by atoms with Crippen LogP contribution in [0.2, 0.25) is 0 Å². The Labute approximate surface area is 81.4 Å². The highest BCUT2D eigenvalue weighted by Crippen LogP contribution is 2.13. The molecule has 1 aromatic rings. The van der Waals surface area contributed by atoms with Crippen molar-refractivity contribution in [3.63, 3.8) is 0 Å². The number of hydrazine groups is 1. The first-order valence-corrected chi connectivity index (χ1v) is 3.99. The Morgan fingerprint density at radius 3 is 2.86 bits per heavy atom. The third-order valence-corrected chi connectivity index (χ3v) is 1.41. The Hall–Kier alpha value is -1.60. The summed E-state index contributed by atoms with van der Waals surface area (Å²) in [5.74, 6) is 6.04. The minimum atomic E-state index is 0.105. The van der Waals surface area contributed by atoms with E-state index in [4.69, 9.17) is 21.1 Å². The van der Waals surface area contributed by atoms with Gasteiger partial charge in [0.2, 0.25) is 11.8 Å². The van der Waals surface area contributed by atoms with Crippen LogP contribution in [0, 0.1) is 0 Å². The molecule has 7 nitrogen and oxygen atoms in total. The number of nitrogens with one attached hydrogen (secondary N) is 1. The van der Waals surface area contributed by atoms with Gasteiger partial charge in [0.05, 0.1) is 6.61 Å². The molecule has 0 atom stereocenters. The van der Waals surface area contributed by atoms with E-state index in [1.165, 1.54) is 0 Å². The van der Waals surface area contributed by atoms with E-state index in [0.717, 1.165) is 0 Å². The maximum atomic E-state index is 5.41. The molecule has 0 bridgehead atoms. The lowest BCUT2D eigenvalue weighted by atomic mass is 10.5. The quantitative estimate of drug-likeness (QED) is 0.329. The number of nitrogens with two attached hydrogens (primary N) is 2. The first kappa shape index (κ1) is 10.5. The number of rotatable bonds is 5. The van der Waals surface area contributed by atoms with Crippen molar-refractivity contribution >= 4 is 11.8 Å². The number of aromatic nitrogens is 2. The van der Waals surface area contributed by atoms with Crippen LogP contribution < -0.4 is 21.7 Å². The lowest BCUT2D eigenvalue weighted by Crippen LogP contribution is -2.12. The highest BCUT2D eigenvalue weighted by molar-refractivity contribution is 5.41. The average Bonchev–Trinajstić information content (AvgIpc) is 2.17. The number of anilines is 2. The zero-order valence-corrected chi connectivity index (χ0v) is 7.86. The van der Waals surface area contributed by atoms with Gasteiger partial charge in [0.1, 0.15) is 12.4 Å². The van der Waals surface area contributed by atoms with Crippen LogP contribution in [0.3, 0.4) is 0 Å². The van der Waals surface area contributed by atoms with Crippen LogP contribution in [-0.4, -0.2) is 30.3 Å². The third-order valence-electron chi connectivity index (χ3n) is 1.41. The van der Waals surface area contributed by atoms with Crippen molar-refractivity contribution < 1.29 is 9.47 Å². The van der Waals surface area contributed by atoms with E-state index in [1.807, 2.05) is 0 Å². The monoisotopic (exact) mass is 199 g/mol. The molecule has 0 amide bonds. The minimum absolute atomic E-state index is 0.105. The molecule has 1 heterocycles. The van der Waals surface area contributed by atoms with Crippen LogP contribution in [0.5, 0.6) is 5.88 Å². The Morgan fingerprint density at radius 2 is 2.21 bits per heavy atom. The maximum Gasteiger partial charge on any atom is 0.225 e. The van der Waals surface area contributed by atoms with Gasteiger partial charge in [0.15, 0.2) is 0 Å². The van der Waals surface area contributed by atoms with Crippen LogP contribution in [0.25, 0.3) is 0 Å². The summed E-state index contributed by atoms with van der Waals surface area (Å²) in [6.07, 6.45) is 0. The molecule has 5 N–H and O–H groups in total. The van der Waals surface area contributed by atoms with Crippen molar-refractivity contribution in [2.24, 2.45) is 5.84 Å². The topological polar surface area (TPSA) is 108 Å². The molecule has 0 spiro atoms. The SMILES string of the molecule is COCCOc1cc(NN)nc(N)n1. The van der Waals surface area contributed by atoms with E-state index >= 15 is 0 Å². The fourth-order valence-corrected chi connectivity index (χ4v) is 0.820. The molecular formula is C7H13N5O2. The van der Waals surface area contributed by atoms with Gasteiger partial charge in [0.25, 0.3) is 0 Å². The fraction of sp³-hybridized carbons (Fsp3) is 0.429. The summed E-state index contributed by atoms with van der Waals surface area (Å²) < 4.78 is 10.0. The Bertz CT molecular complexity index is 293. The van der Waals surface area contributed by atoms with Gasteiger partial charge in [-0.3, -0.25) is 0 Å². The zero-order chi connectivity index (χ0) is 10.4. The smallest absolute Gasteiger partial charge is 0.225 e. The molecule has 0 aliphatic rings. The number of methoxy groups -OCH3 is 1. The first-order valence-electron chi connectivity index (χ1n) is 3.99. The van der Waals surface area contributed by atoms with Crippen LogP contribution in [0.4, 0.5) is 11.8 Å². The highest BCUT2D eigenvalue weighted by atomic mass is 16.5. The second kappa shape index (κ2) is 5.20. The van der Waals surface area contributed by atoms with E-state index in [0.29, 0.717) is 24.9 Å². The largest absolute Gasteiger partial charge is 0.475 e. The van der Waals surface area contributed by atoms with Crippen molar-refractivity contribution in [3.05, 3.63) is 6.07 Å². The maximum absolute atomic E-state index is 5.41. The van der Waals surface area contributed by atoms with Crippen molar-refractivity contribution in [1.29, 1.82) is 0 Å². The minimum Gasteiger partial charge on any atom is -0.475 e. The molecule has 0 saturated carbocycles. The molecule has 0 aromatic carbocycles. The molecule has 14 heavy (non-hydrogen) atoms. The molecule has 0 aliphatic carbocycles. The number of nitrogen functional groups attached to an aromatic ring is 2. The van der Waals surface area contributed by atoms with E-state index in [9.17, 15) is 0 Å². The summed E-state index contributed by atoms with van der Waals surface area (Å²) >= 11 is 0. The molecule has 1 aromatic heterocycles. The molecule has 0 saturated heterocycles. The van der Waals surface area contributed by atoms with E-state index in [1.54, 1.807) is 13.2 Å². The summed E-state index contributed by atoms with van der Waals surface area (Å²) in [6, 6.07) is 1.55. The predicted octanol–water partition coefficient (Wildman–Crippen LogP) is -0.630. The predicted molar refractivity (Wildman–Crippen MR) is 51.6 cm³/mol. The number of nitrogens with zero attached hydrogens (tertiary/aromatic N) is 2. The molecule has 0 aliphatic heterocycles. The average molecular weight is 199 g/mol. The second-order valence-corrected chi connectivity index (χ2v) is 2.44. The second-order valence-electron chi connectivity index (χ2n) is 2.44. The Balaban J connectivity index is 2.62. The van der Waals surface area contributed by atoms with Crippen LogP contribution >= 0.6 is 0 Å². The van der Waals surface area contributed by atoms with Crippen molar-refractivity contribution in [3.8, 4) is 5.88 Å². The van der Waals surface area contributed by atoms with Crippen LogP contribution in [-0.2, 0) is 4.74 Å². The summed E-state index contributed by atoms with van der Waals surface area (Å²) in [4.78, 5) is 7.65. The zero-order valence-electron chi connectivity index (χ0n) is 7.86. The molecule has 7 heteroatoms. The number of hydrogen-bond donors (Lipinski definition) is 3. The van der Waals surface area contributed by atoms with E-state index < -0.39 is 0 Å². The van der Waals surface area contributed by atoms with Crippen LogP contribution in [0.15, 0.2) is 6.07 Å². The molecule has 0 radical (unpaired) electrons. The van der Waals surface area contributed by atoms with E-state index in [-0.39, 0.29) is 5.95 Å². The first-order chi connectivity index (χ1) is 6.76. The summed E-state index contributed by atoms with van der Waals surface area (Å²) in [7, 11) is 1.59. The lowest BCUT2D eigenvalue weighted by molar-refractivity contribution is 0.144. The van der Waals surface area contributed by atoms with Gasteiger partial charge in [-0.15, -0.1) is 0 Å². The standard InChI is InChI=1S/C7H13N5O2/c1-13-2-3-14-6-4-5(12-9)10-7(8)11-6/h4H,2-3,9H2,1H3,(H3,8,10,11,12). The summed E-state index contributed by atoms with van der Waals surface area (Å²) in [5.41, 5.74) is 7.77. The van der Waals surface area contributed by atoms with Gasteiger partial charge in [-0.05, 0) is 0 Å². The van der Waals surface area contributed by atoms with Gasteiger partial charge in [0, 0.05) is 13.2 Å². The van der Waals surface area contributed by atoms with Crippen LogP contribution in [0.1, 0.15) is 0 Å². The summed E-state index contributed by atoms with van der Waals surface area (Å²) in [6.45, 7) is 0.881. The lowest BCUT2D eigenvalue weighted by Gasteiger charge is -2.06. The van der Waals surface area contributed by atoms with Crippen molar-refractivity contribution in [2.75, 3.05) is 31.5 Å². The van der Waals surface area contributed by atoms with Gasteiger partial charge in [-0.1, -0.05) is 0 Å². The molecular weight excluding hydrogens is 186 g/mol. The Morgan fingerprint density at radius 1 is 1.43 bits per heavy atom. The van der Waals surface area contributed by atoms with Gasteiger partial charge in [-0.2, -0.15) is 9.97 Å². The van der Waals surface area contributed by atoms with Gasteiger partial charge in [-0.25, -0.2) is 5.84 Å². The highest BCUT2D eigenvalue weighted by Gasteiger charge is 2.01. The van der Waals surface area contributed by atoms with Crippen molar-refractivity contribution in [2.45, 2.75) is 0 Å². The third kappa shape index (κ3) is 3.04. The van der Waals surface area contributed by atoms with E-state index in [2.05, 4.69) is 15.4 Å². The van der Waals surface area contributed by atoms with Gasteiger partial charge < -0.3 is 20.6 Å².